The molecule has 3 rings (SSSR count). The molecule has 3 aromatic rings. The second-order valence-corrected chi connectivity index (χ2v) is 5.02. The van der Waals surface area contributed by atoms with Crippen LogP contribution in [0.2, 0.25) is 0 Å². The summed E-state index contributed by atoms with van der Waals surface area (Å²) in [4.78, 5) is 16.2. The Hall–Kier alpha value is -2.73. The van der Waals surface area contributed by atoms with Crippen molar-refractivity contribution in [3.63, 3.8) is 0 Å². The number of hydrogen-bond acceptors (Lipinski definition) is 4. The van der Waals surface area contributed by atoms with Crippen molar-refractivity contribution < 1.29 is 9.53 Å². The lowest BCUT2D eigenvalue weighted by atomic mass is 10.1. The van der Waals surface area contributed by atoms with Crippen molar-refractivity contribution >= 4 is 22.5 Å². The van der Waals surface area contributed by atoms with E-state index in [1.165, 1.54) is 7.11 Å². The molecule has 0 fully saturated rings. The van der Waals surface area contributed by atoms with E-state index < -0.39 is 0 Å². The molecule has 1 aromatic carbocycles. The van der Waals surface area contributed by atoms with Crippen LogP contribution in [0.4, 0.5) is 5.69 Å². The van der Waals surface area contributed by atoms with E-state index in [0.29, 0.717) is 0 Å². The first-order valence-electron chi connectivity index (χ1n) is 6.87. The van der Waals surface area contributed by atoms with Crippen LogP contribution >= 0.6 is 0 Å². The van der Waals surface area contributed by atoms with Gasteiger partial charge in [0.05, 0.1) is 17.4 Å². The first-order chi connectivity index (χ1) is 10.7. The number of aryl methyl sites for hydroxylation is 1. The highest BCUT2D eigenvalue weighted by atomic mass is 16.5. The number of nitrogens with zero attached hydrogens (tertiary/aromatic N) is 2. The predicted molar refractivity (Wildman–Crippen MR) is 84.6 cm³/mol. The molecule has 0 atom stereocenters. The molecular formula is C16H16N4O2. The summed E-state index contributed by atoms with van der Waals surface area (Å²) in [5.74, 6) is -0.178. The lowest BCUT2D eigenvalue weighted by molar-refractivity contribution is -0.119. The van der Waals surface area contributed by atoms with Gasteiger partial charge in [-0.2, -0.15) is 5.10 Å². The van der Waals surface area contributed by atoms with Gasteiger partial charge in [0.1, 0.15) is 6.61 Å². The third kappa shape index (κ3) is 2.82. The van der Waals surface area contributed by atoms with Gasteiger partial charge >= 0.3 is 0 Å². The number of H-pyrrole nitrogens is 1. The number of aromatic nitrogens is 3. The molecule has 0 spiro atoms. The highest BCUT2D eigenvalue weighted by Gasteiger charge is 2.08. The van der Waals surface area contributed by atoms with Crippen molar-refractivity contribution in [3.05, 3.63) is 42.2 Å². The molecule has 2 N–H and O–H groups in total. The highest BCUT2D eigenvalue weighted by molar-refractivity contribution is 5.95. The molecule has 6 nitrogen and oxygen atoms in total. The number of ether oxygens (including phenoxy) is 1. The number of nitrogens with one attached hydrogen (secondary N) is 2. The maximum Gasteiger partial charge on any atom is 0.250 e. The maximum absolute atomic E-state index is 11.6. The van der Waals surface area contributed by atoms with Crippen LogP contribution in [0.5, 0.6) is 0 Å². The SMILES string of the molecule is COCC(=O)Nc1ccc2nc(-c3cn[nH]c3)cc(C)c2c1. The Morgan fingerprint density at radius 3 is 2.95 bits per heavy atom. The summed E-state index contributed by atoms with van der Waals surface area (Å²) in [5, 5.41) is 10.5. The number of amides is 1. The normalized spacial score (nSPS) is 10.8. The van der Waals surface area contributed by atoms with E-state index in [9.17, 15) is 4.79 Å². The molecule has 0 saturated carbocycles. The van der Waals surface area contributed by atoms with Crippen LogP contribution in [0, 0.1) is 6.92 Å². The van der Waals surface area contributed by atoms with Crippen LogP contribution in [0.15, 0.2) is 36.7 Å². The summed E-state index contributed by atoms with van der Waals surface area (Å²) in [6.45, 7) is 2.06. The van der Waals surface area contributed by atoms with E-state index in [1.54, 1.807) is 6.20 Å². The molecule has 0 unspecified atom stereocenters. The Balaban J connectivity index is 1.98. The van der Waals surface area contributed by atoms with Gasteiger partial charge in [0.2, 0.25) is 5.91 Å². The highest BCUT2D eigenvalue weighted by Crippen LogP contribution is 2.26. The van der Waals surface area contributed by atoms with Crippen LogP contribution < -0.4 is 5.32 Å². The summed E-state index contributed by atoms with van der Waals surface area (Å²) in [5.41, 5.74) is 4.51. The van der Waals surface area contributed by atoms with Gasteiger partial charge in [-0.25, -0.2) is 4.98 Å². The fourth-order valence-electron chi connectivity index (χ4n) is 2.34. The molecule has 2 aromatic heterocycles. The molecule has 0 aliphatic heterocycles. The summed E-state index contributed by atoms with van der Waals surface area (Å²) in [6.07, 6.45) is 3.56. The van der Waals surface area contributed by atoms with Gasteiger partial charge in [-0.05, 0) is 36.8 Å². The molecular weight excluding hydrogens is 280 g/mol. The fraction of sp³-hybridized carbons (Fsp3) is 0.188. The van der Waals surface area contributed by atoms with Gasteiger partial charge in [0.25, 0.3) is 0 Å². The maximum atomic E-state index is 11.6. The number of carbonyl (C=O) groups is 1. The molecule has 112 valence electrons. The van der Waals surface area contributed by atoms with Gasteiger partial charge in [-0.15, -0.1) is 0 Å². The zero-order valence-corrected chi connectivity index (χ0v) is 12.4. The van der Waals surface area contributed by atoms with Crippen molar-refractivity contribution in [1.82, 2.24) is 15.2 Å². The van der Waals surface area contributed by atoms with Crippen molar-refractivity contribution in [1.29, 1.82) is 0 Å². The summed E-state index contributed by atoms with van der Waals surface area (Å²) in [7, 11) is 1.49. The van der Waals surface area contributed by atoms with E-state index in [4.69, 9.17) is 4.74 Å². The topological polar surface area (TPSA) is 79.9 Å². The monoisotopic (exact) mass is 296 g/mol. The number of anilines is 1. The summed E-state index contributed by atoms with van der Waals surface area (Å²) < 4.78 is 4.81. The minimum Gasteiger partial charge on any atom is -0.375 e. The minimum absolute atomic E-state index is 0.0364. The van der Waals surface area contributed by atoms with Crippen molar-refractivity contribution in [2.45, 2.75) is 6.92 Å². The minimum atomic E-state index is -0.178. The molecule has 0 aliphatic carbocycles. The van der Waals surface area contributed by atoms with Crippen LogP contribution in [-0.2, 0) is 9.53 Å². The fourth-order valence-corrected chi connectivity index (χ4v) is 2.34. The molecule has 6 heteroatoms. The Morgan fingerprint density at radius 2 is 2.23 bits per heavy atom. The molecule has 0 radical (unpaired) electrons. The molecule has 1 amide bonds. The molecule has 22 heavy (non-hydrogen) atoms. The van der Waals surface area contributed by atoms with E-state index in [1.807, 2.05) is 37.4 Å². The molecule has 0 bridgehead atoms. The Morgan fingerprint density at radius 1 is 1.36 bits per heavy atom. The van der Waals surface area contributed by atoms with Crippen LogP contribution in [0.3, 0.4) is 0 Å². The average molecular weight is 296 g/mol. The number of pyridine rings is 1. The van der Waals surface area contributed by atoms with E-state index in [2.05, 4.69) is 20.5 Å². The number of fused-ring (bicyclic) bond motifs is 1. The lowest BCUT2D eigenvalue weighted by Crippen LogP contribution is -2.17. The number of benzene rings is 1. The Bertz CT molecular complexity index is 812. The first-order valence-corrected chi connectivity index (χ1v) is 6.87. The summed E-state index contributed by atoms with van der Waals surface area (Å²) in [6, 6.07) is 7.66. The van der Waals surface area contributed by atoms with Crippen molar-refractivity contribution in [2.24, 2.45) is 0 Å². The number of methoxy groups -OCH3 is 1. The zero-order valence-electron chi connectivity index (χ0n) is 12.4. The number of aromatic amines is 1. The van der Waals surface area contributed by atoms with E-state index in [-0.39, 0.29) is 12.5 Å². The van der Waals surface area contributed by atoms with E-state index in [0.717, 1.165) is 33.4 Å². The molecule has 2 heterocycles. The molecule has 0 saturated heterocycles. The first kappa shape index (κ1) is 14.2. The second-order valence-electron chi connectivity index (χ2n) is 5.02. The van der Waals surface area contributed by atoms with Crippen LogP contribution in [0.25, 0.3) is 22.2 Å². The Kier molecular flexibility index (Phi) is 3.84. The predicted octanol–water partition coefficient (Wildman–Crippen LogP) is 2.52. The van der Waals surface area contributed by atoms with Crippen LogP contribution in [0.1, 0.15) is 5.56 Å². The Labute approximate surface area is 127 Å². The van der Waals surface area contributed by atoms with Crippen molar-refractivity contribution in [3.8, 4) is 11.3 Å². The molecule has 0 aliphatic rings. The summed E-state index contributed by atoms with van der Waals surface area (Å²) >= 11 is 0. The standard InChI is InChI=1S/C16H16N4O2/c1-10-5-15(11-7-17-18-8-11)20-14-4-3-12(6-13(10)14)19-16(21)9-22-2/h3-8H,9H2,1-2H3,(H,17,18)(H,19,21). The largest absolute Gasteiger partial charge is 0.375 e. The smallest absolute Gasteiger partial charge is 0.250 e. The van der Waals surface area contributed by atoms with Gasteiger partial charge in [-0.1, -0.05) is 0 Å². The zero-order chi connectivity index (χ0) is 15.5. The van der Waals surface area contributed by atoms with Gasteiger partial charge in [0, 0.05) is 29.9 Å². The quantitative estimate of drug-likeness (QED) is 0.775. The van der Waals surface area contributed by atoms with Gasteiger partial charge in [-0.3, -0.25) is 9.89 Å². The third-order valence-electron chi connectivity index (χ3n) is 3.37. The van der Waals surface area contributed by atoms with Gasteiger partial charge in [0.15, 0.2) is 0 Å². The number of carbonyl (C=O) groups excluding carboxylic acids is 1. The van der Waals surface area contributed by atoms with Gasteiger partial charge < -0.3 is 10.1 Å². The third-order valence-corrected chi connectivity index (χ3v) is 3.37. The number of rotatable bonds is 4. The second kappa shape index (κ2) is 5.95. The lowest BCUT2D eigenvalue weighted by Gasteiger charge is -2.09. The van der Waals surface area contributed by atoms with Crippen molar-refractivity contribution in [2.75, 3.05) is 19.0 Å². The average Bonchev–Trinajstić information content (AvgIpc) is 3.02. The number of hydrogen-bond donors (Lipinski definition) is 2. The van der Waals surface area contributed by atoms with E-state index >= 15 is 0 Å². The van der Waals surface area contributed by atoms with Crippen LogP contribution in [-0.4, -0.2) is 34.8 Å².